The molecule has 2 heterocycles. The van der Waals surface area contributed by atoms with Crippen molar-refractivity contribution in [3.63, 3.8) is 0 Å². The van der Waals surface area contributed by atoms with Crippen LogP contribution in [0, 0.1) is 19.7 Å². The van der Waals surface area contributed by atoms with Gasteiger partial charge in [-0.25, -0.2) is 4.39 Å². The Kier molecular flexibility index (Phi) is 8.45. The molecule has 0 saturated carbocycles. The number of aromatic nitrogens is 2. The van der Waals surface area contributed by atoms with Crippen LogP contribution in [0.4, 0.5) is 4.39 Å². The molecular formula is C27H34FN3O5. The highest BCUT2D eigenvalue weighted by Crippen LogP contribution is 2.29. The third-order valence-corrected chi connectivity index (χ3v) is 6.05. The molecule has 1 aliphatic rings. The molecule has 1 atom stereocenters. The highest BCUT2D eigenvalue weighted by molar-refractivity contribution is 5.43. The first-order valence-electron chi connectivity index (χ1n) is 12.0. The Bertz CT molecular complexity index is 1150. The van der Waals surface area contributed by atoms with Gasteiger partial charge in [-0.1, -0.05) is 6.07 Å². The fourth-order valence-electron chi connectivity index (χ4n) is 4.17. The van der Waals surface area contributed by atoms with Crippen molar-refractivity contribution in [1.29, 1.82) is 0 Å². The molecule has 0 unspecified atom stereocenters. The molecule has 1 fully saturated rings. The van der Waals surface area contributed by atoms with E-state index in [0.717, 1.165) is 11.1 Å². The number of halogens is 1. The number of β-amino-alcohol motifs (C(OH)–C–C–N with tert-alkyl or cyclic N) is 1. The Morgan fingerprint density at radius 2 is 2.00 bits per heavy atom. The number of hydrogen-bond acceptors (Lipinski definition) is 7. The van der Waals surface area contributed by atoms with Crippen molar-refractivity contribution in [3.05, 3.63) is 71.3 Å². The van der Waals surface area contributed by atoms with Gasteiger partial charge in [-0.3, -0.25) is 9.58 Å². The normalized spacial score (nSPS) is 18.6. The van der Waals surface area contributed by atoms with Crippen LogP contribution >= 0.6 is 0 Å². The summed E-state index contributed by atoms with van der Waals surface area (Å²) in [5, 5.41) is 15.5. The standard InChI is InChI=1S/C27H34FN3O5/c1-20-14-29-31(15-20)9-11-35-25-7-4-22(13-26(25)33-3)16-30-8-10-34-18-27(32,17-30)19-36-23-5-6-24(28)21(2)12-23/h4-7,12-15,32H,8-11,16-19H2,1-3H3/t27-/m0/s1. The van der Waals surface area contributed by atoms with E-state index in [2.05, 4.69) is 10.00 Å². The number of aryl methyl sites for hydroxylation is 2. The molecule has 1 aromatic heterocycles. The lowest BCUT2D eigenvalue weighted by Crippen LogP contribution is -2.48. The molecule has 2 aromatic carbocycles. The molecule has 0 radical (unpaired) electrons. The summed E-state index contributed by atoms with van der Waals surface area (Å²) in [6.45, 7) is 7.15. The largest absolute Gasteiger partial charge is 0.493 e. The third kappa shape index (κ3) is 6.96. The van der Waals surface area contributed by atoms with Gasteiger partial charge in [0.05, 0.1) is 33.1 Å². The zero-order valence-corrected chi connectivity index (χ0v) is 21.1. The van der Waals surface area contributed by atoms with Crippen molar-refractivity contribution < 1.29 is 28.4 Å². The van der Waals surface area contributed by atoms with Crippen LogP contribution < -0.4 is 14.2 Å². The van der Waals surface area contributed by atoms with Gasteiger partial charge >= 0.3 is 0 Å². The molecule has 36 heavy (non-hydrogen) atoms. The average molecular weight is 500 g/mol. The SMILES string of the molecule is COc1cc(CN2CCOC[C@](O)(COc3ccc(F)c(C)c3)C2)ccc1OCCn1cc(C)cn1. The maximum atomic E-state index is 13.5. The number of methoxy groups -OCH3 is 1. The molecule has 0 amide bonds. The van der Waals surface area contributed by atoms with Crippen LogP contribution in [0.15, 0.2) is 48.8 Å². The second kappa shape index (κ2) is 11.7. The lowest BCUT2D eigenvalue weighted by Gasteiger charge is -2.30. The first kappa shape index (κ1) is 25.9. The number of ether oxygens (including phenoxy) is 4. The molecule has 194 valence electrons. The first-order chi connectivity index (χ1) is 17.3. The third-order valence-electron chi connectivity index (χ3n) is 6.05. The smallest absolute Gasteiger partial charge is 0.161 e. The van der Waals surface area contributed by atoms with E-state index in [9.17, 15) is 9.50 Å². The van der Waals surface area contributed by atoms with E-state index < -0.39 is 5.60 Å². The fraction of sp³-hybridized carbons (Fsp3) is 0.444. The summed E-state index contributed by atoms with van der Waals surface area (Å²) in [5.41, 5.74) is 1.44. The van der Waals surface area contributed by atoms with E-state index in [0.29, 0.717) is 62.2 Å². The van der Waals surface area contributed by atoms with E-state index in [4.69, 9.17) is 18.9 Å². The van der Waals surface area contributed by atoms with Gasteiger partial charge < -0.3 is 24.1 Å². The van der Waals surface area contributed by atoms with Crippen molar-refractivity contribution in [2.45, 2.75) is 32.5 Å². The van der Waals surface area contributed by atoms with E-state index in [1.807, 2.05) is 42.2 Å². The van der Waals surface area contributed by atoms with Gasteiger partial charge in [0.1, 0.15) is 30.4 Å². The highest BCUT2D eigenvalue weighted by Gasteiger charge is 2.33. The van der Waals surface area contributed by atoms with Crippen LogP contribution in [0.3, 0.4) is 0 Å². The van der Waals surface area contributed by atoms with Gasteiger partial charge in [-0.05, 0) is 60.9 Å². The first-order valence-corrected chi connectivity index (χ1v) is 12.0. The monoisotopic (exact) mass is 499 g/mol. The highest BCUT2D eigenvalue weighted by atomic mass is 19.1. The van der Waals surface area contributed by atoms with Gasteiger partial charge in [0.2, 0.25) is 0 Å². The number of hydrogen-bond donors (Lipinski definition) is 1. The second-order valence-electron chi connectivity index (χ2n) is 9.30. The molecule has 8 nitrogen and oxygen atoms in total. The van der Waals surface area contributed by atoms with Gasteiger partial charge in [0, 0.05) is 25.8 Å². The number of rotatable bonds is 10. The molecule has 1 N–H and O–H groups in total. The van der Waals surface area contributed by atoms with E-state index in [-0.39, 0.29) is 19.0 Å². The zero-order chi connectivity index (χ0) is 25.5. The van der Waals surface area contributed by atoms with Crippen molar-refractivity contribution >= 4 is 0 Å². The van der Waals surface area contributed by atoms with E-state index in [1.165, 1.54) is 6.07 Å². The number of benzene rings is 2. The maximum absolute atomic E-state index is 13.5. The van der Waals surface area contributed by atoms with Crippen LogP contribution in [0.25, 0.3) is 0 Å². The molecule has 0 spiro atoms. The Labute approximate surface area is 211 Å². The van der Waals surface area contributed by atoms with Gasteiger partial charge in [0.15, 0.2) is 11.5 Å². The van der Waals surface area contributed by atoms with Crippen LogP contribution in [0.1, 0.15) is 16.7 Å². The lowest BCUT2D eigenvalue weighted by atomic mass is 10.1. The number of aliphatic hydroxyl groups is 1. The minimum atomic E-state index is -1.20. The Morgan fingerprint density at radius 3 is 2.75 bits per heavy atom. The lowest BCUT2D eigenvalue weighted by molar-refractivity contribution is -0.0646. The molecular weight excluding hydrogens is 465 g/mol. The molecule has 3 aromatic rings. The summed E-state index contributed by atoms with van der Waals surface area (Å²) < 4.78 is 38.4. The van der Waals surface area contributed by atoms with Gasteiger partial charge in [0.25, 0.3) is 0 Å². The summed E-state index contributed by atoms with van der Waals surface area (Å²) in [6, 6.07) is 10.4. The van der Waals surface area contributed by atoms with Crippen LogP contribution in [0.5, 0.6) is 17.2 Å². The topological polar surface area (TPSA) is 78.2 Å². The zero-order valence-electron chi connectivity index (χ0n) is 21.1. The van der Waals surface area contributed by atoms with Crippen LogP contribution in [0.2, 0.25) is 0 Å². The summed E-state index contributed by atoms with van der Waals surface area (Å²) in [7, 11) is 1.62. The fourth-order valence-corrected chi connectivity index (χ4v) is 4.17. The molecule has 1 saturated heterocycles. The van der Waals surface area contributed by atoms with E-state index >= 15 is 0 Å². The van der Waals surface area contributed by atoms with Crippen LogP contribution in [-0.2, 0) is 17.8 Å². The summed E-state index contributed by atoms with van der Waals surface area (Å²) >= 11 is 0. The Morgan fingerprint density at radius 1 is 1.14 bits per heavy atom. The number of nitrogens with zero attached hydrogens (tertiary/aromatic N) is 3. The molecule has 0 bridgehead atoms. The van der Waals surface area contributed by atoms with Gasteiger partial charge in [-0.15, -0.1) is 0 Å². The Hall–Kier alpha value is -3.14. The molecule has 0 aliphatic carbocycles. The minimum Gasteiger partial charge on any atom is -0.493 e. The second-order valence-corrected chi connectivity index (χ2v) is 9.30. The van der Waals surface area contributed by atoms with Gasteiger partial charge in [-0.2, -0.15) is 5.10 Å². The quantitative estimate of drug-likeness (QED) is 0.458. The summed E-state index contributed by atoms with van der Waals surface area (Å²) in [5.74, 6) is 1.55. The summed E-state index contributed by atoms with van der Waals surface area (Å²) in [4.78, 5) is 2.13. The summed E-state index contributed by atoms with van der Waals surface area (Å²) in [6.07, 6.45) is 3.79. The molecule has 4 rings (SSSR count). The van der Waals surface area contributed by atoms with Crippen molar-refractivity contribution in [1.82, 2.24) is 14.7 Å². The molecule has 9 heteroatoms. The predicted molar refractivity (Wildman–Crippen MR) is 133 cm³/mol. The predicted octanol–water partition coefficient (Wildman–Crippen LogP) is 3.37. The maximum Gasteiger partial charge on any atom is 0.161 e. The molecule has 1 aliphatic heterocycles. The van der Waals surface area contributed by atoms with Crippen LogP contribution in [-0.4, -0.2) is 72.0 Å². The Balaban J connectivity index is 1.35. The van der Waals surface area contributed by atoms with Crippen molar-refractivity contribution in [3.8, 4) is 17.2 Å². The van der Waals surface area contributed by atoms with E-state index in [1.54, 1.807) is 26.2 Å². The van der Waals surface area contributed by atoms with Crippen molar-refractivity contribution in [2.75, 3.05) is 46.6 Å². The average Bonchev–Trinajstić information content (AvgIpc) is 3.18. The minimum absolute atomic E-state index is 0.0421. The van der Waals surface area contributed by atoms with Crippen molar-refractivity contribution in [2.24, 2.45) is 0 Å².